The molecule has 0 aromatic carbocycles. The van der Waals surface area contributed by atoms with Crippen LogP contribution >= 0.6 is 0 Å². The molecule has 1 aliphatic rings. The van der Waals surface area contributed by atoms with Crippen LogP contribution in [0.15, 0.2) is 12.7 Å². The second kappa shape index (κ2) is 7.67. The highest BCUT2D eigenvalue weighted by Crippen LogP contribution is 2.09. The van der Waals surface area contributed by atoms with E-state index in [9.17, 15) is 9.59 Å². The zero-order valence-electron chi connectivity index (χ0n) is 9.74. The third-order valence-electron chi connectivity index (χ3n) is 2.08. The summed E-state index contributed by atoms with van der Waals surface area (Å²) in [5, 5.41) is 5.19. The molecule has 6 heteroatoms. The number of carbonyl (C=O) groups is 2. The van der Waals surface area contributed by atoms with Crippen LogP contribution in [0.5, 0.6) is 0 Å². The van der Waals surface area contributed by atoms with Gasteiger partial charge in [-0.25, -0.2) is 4.79 Å². The summed E-state index contributed by atoms with van der Waals surface area (Å²) in [4.78, 5) is 22.2. The van der Waals surface area contributed by atoms with Gasteiger partial charge in [0.2, 0.25) is 0 Å². The number of carbonyl (C=O) groups excluding carboxylic acids is 2. The normalized spacial score (nSPS) is 17.1. The van der Waals surface area contributed by atoms with Gasteiger partial charge in [0.1, 0.15) is 12.7 Å². The standard InChI is InChI=1S/C11H18N2O4/c1-2-5-12-11(15)13-6-3-4-10(14)17-8-9-7-16-9/h2,9H,1,3-8H2,(H2,12,13,15). The smallest absolute Gasteiger partial charge is 0.315 e. The van der Waals surface area contributed by atoms with E-state index in [0.29, 0.717) is 39.1 Å². The third kappa shape index (κ3) is 7.35. The number of nitrogens with one attached hydrogen (secondary N) is 2. The highest BCUT2D eigenvalue weighted by Gasteiger charge is 2.23. The van der Waals surface area contributed by atoms with Crippen LogP contribution in [0.3, 0.4) is 0 Å². The van der Waals surface area contributed by atoms with Crippen LogP contribution in [0, 0.1) is 0 Å². The lowest BCUT2D eigenvalue weighted by atomic mass is 10.3. The van der Waals surface area contributed by atoms with E-state index in [-0.39, 0.29) is 18.1 Å². The van der Waals surface area contributed by atoms with Gasteiger partial charge in [-0.1, -0.05) is 6.08 Å². The fourth-order valence-corrected chi connectivity index (χ4v) is 1.08. The molecule has 1 unspecified atom stereocenters. The fourth-order valence-electron chi connectivity index (χ4n) is 1.08. The van der Waals surface area contributed by atoms with Crippen LogP contribution in [0.25, 0.3) is 0 Å². The summed E-state index contributed by atoms with van der Waals surface area (Å²) in [5.74, 6) is -0.256. The van der Waals surface area contributed by atoms with Crippen molar-refractivity contribution in [2.24, 2.45) is 0 Å². The summed E-state index contributed by atoms with van der Waals surface area (Å²) < 4.78 is 9.84. The Labute approximate surface area is 100 Å². The molecule has 6 nitrogen and oxygen atoms in total. The van der Waals surface area contributed by atoms with E-state index in [1.54, 1.807) is 6.08 Å². The van der Waals surface area contributed by atoms with Crippen LogP contribution in [0.1, 0.15) is 12.8 Å². The van der Waals surface area contributed by atoms with Gasteiger partial charge < -0.3 is 20.1 Å². The number of urea groups is 1. The van der Waals surface area contributed by atoms with Crippen molar-refractivity contribution in [1.82, 2.24) is 10.6 Å². The Bertz CT molecular complexity index is 277. The lowest BCUT2D eigenvalue weighted by Gasteiger charge is -2.05. The number of esters is 1. The predicted molar refractivity (Wildman–Crippen MR) is 61.5 cm³/mol. The van der Waals surface area contributed by atoms with E-state index in [1.807, 2.05) is 0 Å². The molecule has 0 saturated carbocycles. The quantitative estimate of drug-likeness (QED) is 0.276. The van der Waals surface area contributed by atoms with Crippen molar-refractivity contribution in [3.63, 3.8) is 0 Å². The van der Waals surface area contributed by atoms with E-state index in [0.717, 1.165) is 0 Å². The fraction of sp³-hybridized carbons (Fsp3) is 0.636. The van der Waals surface area contributed by atoms with Crippen molar-refractivity contribution < 1.29 is 19.1 Å². The van der Waals surface area contributed by atoms with Crippen LogP contribution < -0.4 is 10.6 Å². The second-order valence-corrected chi connectivity index (χ2v) is 3.67. The molecule has 96 valence electrons. The Hall–Kier alpha value is -1.56. The Kier molecular flexibility index (Phi) is 6.09. The molecule has 0 aliphatic carbocycles. The van der Waals surface area contributed by atoms with Crippen LogP contribution in [-0.2, 0) is 14.3 Å². The topological polar surface area (TPSA) is 80.0 Å². The van der Waals surface area contributed by atoms with Crippen molar-refractivity contribution >= 4 is 12.0 Å². The largest absolute Gasteiger partial charge is 0.463 e. The first-order valence-corrected chi connectivity index (χ1v) is 5.62. The third-order valence-corrected chi connectivity index (χ3v) is 2.08. The molecule has 1 heterocycles. The Morgan fingerprint density at radius 3 is 2.88 bits per heavy atom. The maximum absolute atomic E-state index is 11.2. The SMILES string of the molecule is C=CCNC(=O)NCCCC(=O)OCC1CO1. The lowest BCUT2D eigenvalue weighted by Crippen LogP contribution is -2.36. The molecular formula is C11H18N2O4. The number of hydrogen-bond donors (Lipinski definition) is 2. The molecule has 1 fully saturated rings. The maximum atomic E-state index is 11.2. The number of ether oxygens (including phenoxy) is 2. The van der Waals surface area contributed by atoms with Gasteiger partial charge in [0.15, 0.2) is 0 Å². The van der Waals surface area contributed by atoms with Gasteiger partial charge in [0.05, 0.1) is 6.61 Å². The van der Waals surface area contributed by atoms with Gasteiger partial charge in [0.25, 0.3) is 0 Å². The summed E-state index contributed by atoms with van der Waals surface area (Å²) in [7, 11) is 0. The first-order chi connectivity index (χ1) is 8.22. The van der Waals surface area contributed by atoms with Crippen LogP contribution in [0.2, 0.25) is 0 Å². The molecule has 1 saturated heterocycles. The zero-order chi connectivity index (χ0) is 12.5. The summed E-state index contributed by atoms with van der Waals surface area (Å²) >= 11 is 0. The first-order valence-electron chi connectivity index (χ1n) is 5.62. The summed E-state index contributed by atoms with van der Waals surface area (Å²) in [5.41, 5.74) is 0. The number of hydrogen-bond acceptors (Lipinski definition) is 4. The van der Waals surface area contributed by atoms with Crippen molar-refractivity contribution in [3.05, 3.63) is 12.7 Å². The van der Waals surface area contributed by atoms with E-state index in [4.69, 9.17) is 9.47 Å². The lowest BCUT2D eigenvalue weighted by molar-refractivity contribution is -0.144. The molecule has 1 aliphatic heterocycles. The highest BCUT2D eigenvalue weighted by atomic mass is 16.6. The van der Waals surface area contributed by atoms with E-state index < -0.39 is 0 Å². The van der Waals surface area contributed by atoms with E-state index in [2.05, 4.69) is 17.2 Å². The average molecular weight is 242 g/mol. The van der Waals surface area contributed by atoms with Crippen molar-refractivity contribution in [3.8, 4) is 0 Å². The van der Waals surface area contributed by atoms with Crippen LogP contribution in [-0.4, -0.2) is 44.4 Å². The number of epoxide rings is 1. The summed E-state index contributed by atoms with van der Waals surface area (Å²) in [6.07, 6.45) is 2.55. The molecular weight excluding hydrogens is 224 g/mol. The van der Waals surface area contributed by atoms with Crippen molar-refractivity contribution in [1.29, 1.82) is 0 Å². The first kappa shape index (κ1) is 13.5. The van der Waals surface area contributed by atoms with Crippen molar-refractivity contribution in [2.45, 2.75) is 18.9 Å². The Morgan fingerprint density at radius 2 is 2.24 bits per heavy atom. The summed E-state index contributed by atoms with van der Waals surface area (Å²) in [6, 6.07) is -0.260. The van der Waals surface area contributed by atoms with Gasteiger partial charge in [0, 0.05) is 19.5 Å². The minimum Gasteiger partial charge on any atom is -0.463 e. The van der Waals surface area contributed by atoms with Crippen molar-refractivity contribution in [2.75, 3.05) is 26.3 Å². The van der Waals surface area contributed by atoms with Gasteiger partial charge >= 0.3 is 12.0 Å². The van der Waals surface area contributed by atoms with Crippen LogP contribution in [0.4, 0.5) is 4.79 Å². The number of rotatable bonds is 8. The van der Waals surface area contributed by atoms with Gasteiger partial charge in [-0.15, -0.1) is 6.58 Å². The van der Waals surface area contributed by atoms with E-state index >= 15 is 0 Å². The predicted octanol–water partition coefficient (Wildman–Crippen LogP) is 0.194. The second-order valence-electron chi connectivity index (χ2n) is 3.67. The minimum atomic E-state index is -0.260. The van der Waals surface area contributed by atoms with Gasteiger partial charge in [-0.05, 0) is 6.42 Å². The molecule has 2 N–H and O–H groups in total. The number of amides is 2. The minimum absolute atomic E-state index is 0.0988. The summed E-state index contributed by atoms with van der Waals surface area (Å²) in [6.45, 7) is 5.36. The highest BCUT2D eigenvalue weighted by molar-refractivity contribution is 5.74. The monoisotopic (exact) mass is 242 g/mol. The molecule has 1 rings (SSSR count). The molecule has 17 heavy (non-hydrogen) atoms. The molecule has 1 atom stereocenters. The average Bonchev–Trinajstić information content (AvgIpc) is 3.13. The maximum Gasteiger partial charge on any atom is 0.315 e. The van der Waals surface area contributed by atoms with Gasteiger partial charge in [-0.3, -0.25) is 4.79 Å². The molecule has 0 aromatic rings. The molecule has 0 bridgehead atoms. The molecule has 0 spiro atoms. The molecule has 2 amide bonds. The van der Waals surface area contributed by atoms with Gasteiger partial charge in [-0.2, -0.15) is 0 Å². The Balaban J connectivity index is 1.89. The Morgan fingerprint density at radius 1 is 1.47 bits per heavy atom. The molecule has 0 radical (unpaired) electrons. The molecule has 0 aromatic heterocycles. The van der Waals surface area contributed by atoms with E-state index in [1.165, 1.54) is 0 Å². The zero-order valence-corrected chi connectivity index (χ0v) is 9.74.